The second kappa shape index (κ2) is 6.67. The molecule has 2 aromatic heterocycles. The maximum Gasteiger partial charge on any atom is 0.407 e. The van der Waals surface area contributed by atoms with Gasteiger partial charge in [0, 0.05) is 17.4 Å². The monoisotopic (exact) mass is 345 g/mol. The Bertz CT molecular complexity index is 555. The van der Waals surface area contributed by atoms with Gasteiger partial charge in [-0.15, -0.1) is 11.3 Å². The molecule has 0 atom stereocenters. The second-order valence-electron chi connectivity index (χ2n) is 3.51. The Morgan fingerprint density at radius 2 is 2.47 bits per heavy atom. The average Bonchev–Trinajstić information content (AvgIpc) is 2.98. The maximum absolute atomic E-state index is 11.1. The number of nitrogens with one attached hydrogen (secondary N) is 1. The molecule has 6 nitrogen and oxygen atoms in total. The lowest BCUT2D eigenvalue weighted by Crippen LogP contribution is -2.26. The first-order chi connectivity index (χ1) is 9.20. The Balaban J connectivity index is 1.88. The molecule has 2 rings (SSSR count). The molecular formula is C11H12BrN3O3S. The summed E-state index contributed by atoms with van der Waals surface area (Å²) in [5.74, 6) is 1.03. The standard InChI is InChI=1S/C11H12BrN3O3S/c1-2-17-11(16)13-5-3-8-14-10(15-18-8)9-7(12)4-6-19-9/h4,6H,2-3,5H2,1H3,(H,13,16). The van der Waals surface area contributed by atoms with E-state index in [2.05, 4.69) is 31.4 Å². The molecule has 1 amide bonds. The van der Waals surface area contributed by atoms with Crippen LogP contribution in [-0.2, 0) is 11.2 Å². The number of alkyl carbamates (subject to hydrolysis) is 1. The molecule has 0 aliphatic rings. The molecule has 0 aromatic carbocycles. The van der Waals surface area contributed by atoms with Gasteiger partial charge in [0.2, 0.25) is 11.7 Å². The Morgan fingerprint density at radius 1 is 1.63 bits per heavy atom. The Hall–Kier alpha value is -1.41. The van der Waals surface area contributed by atoms with E-state index in [0.29, 0.717) is 31.3 Å². The summed E-state index contributed by atoms with van der Waals surface area (Å²) in [6.07, 6.45) is 0.0256. The lowest BCUT2D eigenvalue weighted by atomic mass is 10.4. The number of hydrogen-bond donors (Lipinski definition) is 1. The SMILES string of the molecule is CCOC(=O)NCCc1nc(-c2sccc2Br)no1. The number of hydrogen-bond acceptors (Lipinski definition) is 6. The van der Waals surface area contributed by atoms with Gasteiger partial charge in [-0.3, -0.25) is 0 Å². The smallest absolute Gasteiger partial charge is 0.407 e. The van der Waals surface area contributed by atoms with Crippen molar-refractivity contribution in [3.8, 4) is 10.7 Å². The summed E-state index contributed by atoms with van der Waals surface area (Å²) in [6.45, 7) is 2.50. The summed E-state index contributed by atoms with van der Waals surface area (Å²) in [7, 11) is 0. The predicted octanol–water partition coefficient (Wildman–Crippen LogP) is 2.85. The van der Waals surface area contributed by atoms with Crippen LogP contribution in [0.2, 0.25) is 0 Å². The zero-order valence-electron chi connectivity index (χ0n) is 10.2. The van der Waals surface area contributed by atoms with Crippen molar-refractivity contribution in [2.45, 2.75) is 13.3 Å². The number of ether oxygens (including phenoxy) is 1. The lowest BCUT2D eigenvalue weighted by molar-refractivity contribution is 0.152. The van der Waals surface area contributed by atoms with Crippen molar-refractivity contribution < 1.29 is 14.1 Å². The molecule has 0 radical (unpaired) electrons. The fraction of sp³-hybridized carbons (Fsp3) is 0.364. The van der Waals surface area contributed by atoms with Crippen molar-refractivity contribution in [1.29, 1.82) is 0 Å². The Morgan fingerprint density at radius 3 is 3.16 bits per heavy atom. The van der Waals surface area contributed by atoms with Crippen molar-refractivity contribution in [3.05, 3.63) is 21.8 Å². The van der Waals surface area contributed by atoms with Crippen LogP contribution in [0.25, 0.3) is 10.7 Å². The highest BCUT2D eigenvalue weighted by Gasteiger charge is 2.12. The molecule has 0 aliphatic heterocycles. The van der Waals surface area contributed by atoms with Crippen LogP contribution < -0.4 is 5.32 Å². The van der Waals surface area contributed by atoms with Crippen LogP contribution in [0, 0.1) is 0 Å². The number of nitrogens with zero attached hydrogens (tertiary/aromatic N) is 2. The van der Waals surface area contributed by atoms with E-state index in [-0.39, 0.29) is 0 Å². The van der Waals surface area contributed by atoms with Crippen molar-refractivity contribution in [2.24, 2.45) is 0 Å². The quantitative estimate of drug-likeness (QED) is 0.901. The highest BCUT2D eigenvalue weighted by molar-refractivity contribution is 9.10. The predicted molar refractivity (Wildman–Crippen MR) is 74.0 cm³/mol. The van der Waals surface area contributed by atoms with Crippen LogP contribution in [0.15, 0.2) is 20.4 Å². The topological polar surface area (TPSA) is 77.2 Å². The lowest BCUT2D eigenvalue weighted by Gasteiger charge is -2.02. The zero-order chi connectivity index (χ0) is 13.7. The minimum atomic E-state index is -0.441. The number of amides is 1. The van der Waals surface area contributed by atoms with E-state index in [0.717, 1.165) is 9.35 Å². The van der Waals surface area contributed by atoms with Gasteiger partial charge in [0.15, 0.2) is 0 Å². The molecule has 0 saturated heterocycles. The first kappa shape index (κ1) is 14.0. The van der Waals surface area contributed by atoms with Gasteiger partial charge in [0.1, 0.15) is 0 Å². The first-order valence-corrected chi connectivity index (χ1v) is 7.34. The van der Waals surface area contributed by atoms with Crippen molar-refractivity contribution in [2.75, 3.05) is 13.2 Å². The molecule has 2 heterocycles. The van der Waals surface area contributed by atoms with Crippen molar-refractivity contribution in [3.63, 3.8) is 0 Å². The van der Waals surface area contributed by atoms with E-state index in [1.165, 1.54) is 11.3 Å². The number of halogens is 1. The van der Waals surface area contributed by atoms with E-state index >= 15 is 0 Å². The van der Waals surface area contributed by atoms with Crippen molar-refractivity contribution in [1.82, 2.24) is 15.5 Å². The van der Waals surface area contributed by atoms with Gasteiger partial charge in [-0.1, -0.05) is 5.16 Å². The molecule has 0 fully saturated rings. The van der Waals surface area contributed by atoms with Crippen LogP contribution in [-0.4, -0.2) is 29.4 Å². The molecule has 0 bridgehead atoms. The largest absolute Gasteiger partial charge is 0.450 e. The number of carbonyl (C=O) groups excluding carboxylic acids is 1. The molecule has 0 unspecified atom stereocenters. The van der Waals surface area contributed by atoms with Gasteiger partial charge in [-0.05, 0) is 34.3 Å². The van der Waals surface area contributed by atoms with E-state index < -0.39 is 6.09 Å². The van der Waals surface area contributed by atoms with E-state index in [9.17, 15) is 4.79 Å². The minimum absolute atomic E-state index is 0.350. The summed E-state index contributed by atoms with van der Waals surface area (Å²) in [5.41, 5.74) is 0. The third kappa shape index (κ3) is 3.77. The van der Waals surface area contributed by atoms with Gasteiger partial charge in [-0.25, -0.2) is 4.79 Å². The maximum atomic E-state index is 11.1. The Kier molecular flexibility index (Phi) is 4.92. The third-order valence-electron chi connectivity index (χ3n) is 2.17. The third-order valence-corrected chi connectivity index (χ3v) is 4.01. The number of aromatic nitrogens is 2. The van der Waals surface area contributed by atoms with E-state index in [1.54, 1.807) is 6.92 Å². The molecule has 8 heteroatoms. The van der Waals surface area contributed by atoms with Gasteiger partial charge in [0.25, 0.3) is 0 Å². The Labute approximate surface area is 122 Å². The molecule has 1 N–H and O–H groups in total. The van der Waals surface area contributed by atoms with Gasteiger partial charge >= 0.3 is 6.09 Å². The fourth-order valence-corrected chi connectivity index (χ4v) is 2.83. The second-order valence-corrected chi connectivity index (χ2v) is 5.28. The highest BCUT2D eigenvalue weighted by atomic mass is 79.9. The molecule has 0 aliphatic carbocycles. The first-order valence-electron chi connectivity index (χ1n) is 5.67. The zero-order valence-corrected chi connectivity index (χ0v) is 12.6. The van der Waals surface area contributed by atoms with E-state index in [1.807, 2.05) is 11.4 Å². The van der Waals surface area contributed by atoms with Crippen LogP contribution in [0.1, 0.15) is 12.8 Å². The summed E-state index contributed by atoms with van der Waals surface area (Å²) in [4.78, 5) is 16.3. The molecule has 19 heavy (non-hydrogen) atoms. The number of carbonyl (C=O) groups is 1. The van der Waals surface area contributed by atoms with Crippen LogP contribution in [0.3, 0.4) is 0 Å². The van der Waals surface area contributed by atoms with Gasteiger partial charge < -0.3 is 14.6 Å². The highest BCUT2D eigenvalue weighted by Crippen LogP contribution is 2.31. The van der Waals surface area contributed by atoms with Crippen LogP contribution >= 0.6 is 27.3 Å². The molecular weight excluding hydrogens is 334 g/mol. The minimum Gasteiger partial charge on any atom is -0.450 e. The molecule has 102 valence electrons. The molecule has 2 aromatic rings. The average molecular weight is 346 g/mol. The summed E-state index contributed by atoms with van der Waals surface area (Å²) < 4.78 is 10.8. The number of thiophene rings is 1. The molecule has 0 saturated carbocycles. The van der Waals surface area contributed by atoms with Crippen molar-refractivity contribution >= 4 is 33.4 Å². The summed E-state index contributed by atoms with van der Waals surface area (Å²) in [5, 5.41) is 8.44. The summed E-state index contributed by atoms with van der Waals surface area (Å²) >= 11 is 4.95. The van der Waals surface area contributed by atoms with E-state index in [4.69, 9.17) is 9.26 Å². The number of rotatable bonds is 5. The van der Waals surface area contributed by atoms with Crippen LogP contribution in [0.5, 0.6) is 0 Å². The summed E-state index contributed by atoms with van der Waals surface area (Å²) in [6, 6.07) is 1.93. The van der Waals surface area contributed by atoms with Gasteiger partial charge in [0.05, 0.1) is 11.5 Å². The molecule has 0 spiro atoms. The van der Waals surface area contributed by atoms with Crippen LogP contribution in [0.4, 0.5) is 4.79 Å². The normalized spacial score (nSPS) is 10.4. The van der Waals surface area contributed by atoms with Gasteiger partial charge in [-0.2, -0.15) is 4.98 Å². The fourth-order valence-electron chi connectivity index (χ4n) is 1.36.